The Labute approximate surface area is 143 Å². The van der Waals surface area contributed by atoms with E-state index < -0.39 is 0 Å². The van der Waals surface area contributed by atoms with E-state index in [1.807, 2.05) is 32.0 Å². The average Bonchev–Trinajstić information content (AvgIpc) is 2.56. The summed E-state index contributed by atoms with van der Waals surface area (Å²) in [6.45, 7) is 7.90. The average molecular weight is 327 g/mol. The summed E-state index contributed by atoms with van der Waals surface area (Å²) >= 11 is 0. The van der Waals surface area contributed by atoms with Gasteiger partial charge in [0.15, 0.2) is 0 Å². The van der Waals surface area contributed by atoms with Crippen LogP contribution in [-0.2, 0) is 4.79 Å². The SMILES string of the molecule is CC(C)NC(=O)/C(C#N)=C\Nc1ccc(N2CCN(C)CC2)cc1. The molecule has 2 N–H and O–H groups in total. The van der Waals surface area contributed by atoms with Crippen molar-refractivity contribution in [2.75, 3.05) is 43.4 Å². The summed E-state index contributed by atoms with van der Waals surface area (Å²) in [7, 11) is 2.14. The van der Waals surface area contributed by atoms with Crippen LogP contribution in [0.5, 0.6) is 0 Å². The molecule has 0 unspecified atom stereocenters. The molecule has 0 radical (unpaired) electrons. The quantitative estimate of drug-likeness (QED) is 0.637. The molecule has 0 spiro atoms. The molecule has 0 bridgehead atoms. The van der Waals surface area contributed by atoms with E-state index in [2.05, 4.69) is 39.6 Å². The molecule has 2 rings (SSSR count). The number of rotatable bonds is 5. The Morgan fingerprint density at radius 2 is 1.83 bits per heavy atom. The van der Waals surface area contributed by atoms with Gasteiger partial charge in [-0.2, -0.15) is 5.26 Å². The largest absolute Gasteiger partial charge is 0.369 e. The molecule has 1 fully saturated rings. The van der Waals surface area contributed by atoms with Crippen molar-refractivity contribution in [3.05, 3.63) is 36.0 Å². The fourth-order valence-electron chi connectivity index (χ4n) is 2.48. The van der Waals surface area contributed by atoms with Gasteiger partial charge in [0.05, 0.1) is 0 Å². The minimum Gasteiger partial charge on any atom is -0.369 e. The van der Waals surface area contributed by atoms with Crippen molar-refractivity contribution >= 4 is 17.3 Å². The molecule has 1 aliphatic rings. The van der Waals surface area contributed by atoms with Gasteiger partial charge in [0, 0.05) is 49.8 Å². The first kappa shape index (κ1) is 17.8. The lowest BCUT2D eigenvalue weighted by atomic mass is 10.2. The molecule has 6 nitrogen and oxygen atoms in total. The monoisotopic (exact) mass is 327 g/mol. The summed E-state index contributed by atoms with van der Waals surface area (Å²) in [6.07, 6.45) is 1.45. The normalized spacial score (nSPS) is 16.0. The molecule has 0 aromatic heterocycles. The van der Waals surface area contributed by atoms with Crippen LogP contribution in [0, 0.1) is 11.3 Å². The minimum atomic E-state index is -0.367. The van der Waals surface area contributed by atoms with Gasteiger partial charge in [0.1, 0.15) is 11.6 Å². The van der Waals surface area contributed by atoms with Gasteiger partial charge in [0.25, 0.3) is 5.91 Å². The first-order chi connectivity index (χ1) is 11.5. The van der Waals surface area contributed by atoms with E-state index in [0.29, 0.717) is 0 Å². The number of benzene rings is 1. The fraction of sp³-hybridized carbons (Fsp3) is 0.444. The Bertz CT molecular complexity index is 622. The lowest BCUT2D eigenvalue weighted by Crippen LogP contribution is -2.44. The zero-order chi connectivity index (χ0) is 17.5. The van der Waals surface area contributed by atoms with Crippen LogP contribution in [0.2, 0.25) is 0 Å². The summed E-state index contributed by atoms with van der Waals surface area (Å²) in [5.41, 5.74) is 2.10. The van der Waals surface area contributed by atoms with Crippen LogP contribution in [-0.4, -0.2) is 50.1 Å². The topological polar surface area (TPSA) is 71.4 Å². The van der Waals surface area contributed by atoms with Gasteiger partial charge in [-0.1, -0.05) is 0 Å². The number of piperazine rings is 1. The Kier molecular flexibility index (Phi) is 6.21. The maximum atomic E-state index is 11.8. The molecule has 1 amide bonds. The molecule has 0 saturated carbocycles. The van der Waals surface area contributed by atoms with Crippen LogP contribution in [0.1, 0.15) is 13.8 Å². The predicted octanol–water partition coefficient (Wildman–Crippen LogP) is 1.78. The van der Waals surface area contributed by atoms with Crippen LogP contribution >= 0.6 is 0 Å². The summed E-state index contributed by atoms with van der Waals surface area (Å²) in [4.78, 5) is 16.5. The van der Waals surface area contributed by atoms with Crippen LogP contribution in [0.4, 0.5) is 11.4 Å². The van der Waals surface area contributed by atoms with Crippen molar-refractivity contribution in [2.24, 2.45) is 0 Å². The summed E-state index contributed by atoms with van der Waals surface area (Å²) < 4.78 is 0. The van der Waals surface area contributed by atoms with Crippen molar-refractivity contribution in [3.63, 3.8) is 0 Å². The van der Waals surface area contributed by atoms with E-state index in [1.54, 1.807) is 0 Å². The third-order valence-electron chi connectivity index (χ3n) is 3.90. The first-order valence-corrected chi connectivity index (χ1v) is 8.21. The summed E-state index contributed by atoms with van der Waals surface area (Å²) in [6, 6.07) is 9.95. The standard InChI is InChI=1S/C18H25N5O/c1-14(2)21-18(24)15(12-19)13-20-16-4-6-17(7-5-16)23-10-8-22(3)9-11-23/h4-7,13-14,20H,8-11H2,1-3H3,(H,21,24)/b15-13-. The second kappa shape index (κ2) is 8.37. The van der Waals surface area contributed by atoms with E-state index in [9.17, 15) is 4.79 Å². The lowest BCUT2D eigenvalue weighted by Gasteiger charge is -2.34. The number of anilines is 2. The third kappa shape index (κ3) is 5.00. The zero-order valence-electron chi connectivity index (χ0n) is 14.5. The maximum Gasteiger partial charge on any atom is 0.263 e. The fourth-order valence-corrected chi connectivity index (χ4v) is 2.48. The molecule has 1 saturated heterocycles. The minimum absolute atomic E-state index is 0.00267. The Morgan fingerprint density at radius 3 is 2.38 bits per heavy atom. The van der Waals surface area contributed by atoms with Crippen molar-refractivity contribution in [1.82, 2.24) is 10.2 Å². The highest BCUT2D eigenvalue weighted by Crippen LogP contribution is 2.19. The van der Waals surface area contributed by atoms with Crippen LogP contribution in [0.3, 0.4) is 0 Å². The van der Waals surface area contributed by atoms with Crippen LogP contribution in [0.15, 0.2) is 36.0 Å². The smallest absolute Gasteiger partial charge is 0.263 e. The first-order valence-electron chi connectivity index (χ1n) is 8.21. The number of carbonyl (C=O) groups excluding carboxylic acids is 1. The Morgan fingerprint density at radius 1 is 1.21 bits per heavy atom. The number of nitriles is 1. The van der Waals surface area contributed by atoms with Gasteiger partial charge in [-0.05, 0) is 45.2 Å². The van der Waals surface area contributed by atoms with Gasteiger partial charge in [0.2, 0.25) is 0 Å². The molecule has 1 aromatic carbocycles. The number of likely N-dealkylation sites (N-methyl/N-ethyl adjacent to an activating group) is 1. The van der Waals surface area contributed by atoms with Crippen LogP contribution in [0.25, 0.3) is 0 Å². The number of nitrogens with one attached hydrogen (secondary N) is 2. The van der Waals surface area contributed by atoms with Crippen molar-refractivity contribution < 1.29 is 4.79 Å². The molecule has 0 atom stereocenters. The number of hydrogen-bond donors (Lipinski definition) is 2. The molecule has 128 valence electrons. The highest BCUT2D eigenvalue weighted by Gasteiger charge is 2.14. The second-order valence-corrected chi connectivity index (χ2v) is 6.28. The van der Waals surface area contributed by atoms with Gasteiger partial charge >= 0.3 is 0 Å². The summed E-state index contributed by atoms with van der Waals surface area (Å²) in [5.74, 6) is -0.367. The second-order valence-electron chi connectivity index (χ2n) is 6.28. The predicted molar refractivity (Wildman–Crippen MR) is 96.7 cm³/mol. The van der Waals surface area contributed by atoms with E-state index in [-0.39, 0.29) is 17.5 Å². The van der Waals surface area contributed by atoms with Crippen molar-refractivity contribution in [3.8, 4) is 6.07 Å². The Balaban J connectivity index is 1.97. The number of hydrogen-bond acceptors (Lipinski definition) is 5. The molecule has 6 heteroatoms. The van der Waals surface area contributed by atoms with Gasteiger partial charge in [-0.25, -0.2) is 0 Å². The molecule has 1 aliphatic heterocycles. The van der Waals surface area contributed by atoms with Gasteiger partial charge in [-0.15, -0.1) is 0 Å². The molecule has 1 heterocycles. The number of carbonyl (C=O) groups is 1. The van der Waals surface area contributed by atoms with E-state index >= 15 is 0 Å². The third-order valence-corrected chi connectivity index (χ3v) is 3.90. The molecule has 0 aliphatic carbocycles. The highest BCUT2D eigenvalue weighted by atomic mass is 16.1. The lowest BCUT2D eigenvalue weighted by molar-refractivity contribution is -0.117. The van der Waals surface area contributed by atoms with Crippen molar-refractivity contribution in [2.45, 2.75) is 19.9 Å². The van der Waals surface area contributed by atoms with E-state index in [4.69, 9.17) is 5.26 Å². The van der Waals surface area contributed by atoms with Gasteiger partial charge < -0.3 is 20.4 Å². The Hall–Kier alpha value is -2.52. The van der Waals surface area contributed by atoms with E-state index in [0.717, 1.165) is 31.9 Å². The highest BCUT2D eigenvalue weighted by molar-refractivity contribution is 5.97. The van der Waals surface area contributed by atoms with E-state index in [1.165, 1.54) is 11.9 Å². The summed E-state index contributed by atoms with van der Waals surface area (Å²) in [5, 5.41) is 14.8. The number of nitrogens with zero attached hydrogens (tertiary/aromatic N) is 3. The number of amides is 1. The van der Waals surface area contributed by atoms with Gasteiger partial charge in [-0.3, -0.25) is 4.79 Å². The molecule has 1 aromatic rings. The maximum absolute atomic E-state index is 11.8. The molecule has 24 heavy (non-hydrogen) atoms. The van der Waals surface area contributed by atoms with Crippen LogP contribution < -0.4 is 15.5 Å². The molecular formula is C18H25N5O. The van der Waals surface area contributed by atoms with Crippen molar-refractivity contribution in [1.29, 1.82) is 5.26 Å². The molecular weight excluding hydrogens is 302 g/mol. The zero-order valence-corrected chi connectivity index (χ0v) is 14.5.